The molecule has 1 aliphatic heterocycles. The molecular weight excluding hydrogens is 573 g/mol. The maximum atomic E-state index is 14.2. The Morgan fingerprint density at radius 1 is 0.929 bits per heavy atom. The highest BCUT2D eigenvalue weighted by Crippen LogP contribution is 2.45. The van der Waals surface area contributed by atoms with Crippen molar-refractivity contribution in [3.05, 3.63) is 135 Å². The standard InChI is InChI=1S/C33H31Cl2N3O4/c34-26-14-17-28(29(35)20-26)30-33(21-23-8-3-1-4-9-23,32(40)38-36-22-24-10-5-2-6-11-24)37-31(42-30)25-12-15-27(16-13-25)41-19-7-18-39/h1-6,8-17,20,30,36,39H,7,18-19,21-22H2,(H,38,40)/t30-,33-/m0/s1. The van der Waals surface area contributed by atoms with E-state index in [0.29, 0.717) is 52.4 Å². The van der Waals surface area contributed by atoms with Crippen LogP contribution in [0.3, 0.4) is 0 Å². The zero-order chi connectivity index (χ0) is 29.4. The molecule has 1 amide bonds. The SMILES string of the molecule is O=C(NNCc1ccccc1)[C@@]1(Cc2ccccc2)N=C(c2ccc(OCCCO)cc2)O[C@H]1c1ccc(Cl)cc1Cl. The van der Waals surface area contributed by atoms with Gasteiger partial charge in [-0.05, 0) is 47.5 Å². The molecule has 0 saturated heterocycles. The molecular formula is C33H31Cl2N3O4. The van der Waals surface area contributed by atoms with Crippen molar-refractivity contribution in [3.63, 3.8) is 0 Å². The highest BCUT2D eigenvalue weighted by atomic mass is 35.5. The van der Waals surface area contributed by atoms with Gasteiger partial charge in [0.1, 0.15) is 5.75 Å². The van der Waals surface area contributed by atoms with E-state index in [4.69, 9.17) is 42.8 Å². The lowest BCUT2D eigenvalue weighted by atomic mass is 9.82. The van der Waals surface area contributed by atoms with Crippen LogP contribution in [0.25, 0.3) is 0 Å². The van der Waals surface area contributed by atoms with Crippen LogP contribution in [0.2, 0.25) is 10.0 Å². The van der Waals surface area contributed by atoms with Gasteiger partial charge in [0.15, 0.2) is 11.6 Å². The summed E-state index contributed by atoms with van der Waals surface area (Å²) in [5, 5.41) is 9.88. The molecule has 2 atom stereocenters. The third-order valence-corrected chi connectivity index (χ3v) is 7.49. The number of aliphatic hydroxyl groups is 1. The number of carbonyl (C=O) groups is 1. The highest BCUT2D eigenvalue weighted by Gasteiger charge is 2.54. The summed E-state index contributed by atoms with van der Waals surface area (Å²) < 4.78 is 12.2. The van der Waals surface area contributed by atoms with Gasteiger partial charge < -0.3 is 14.6 Å². The Balaban J connectivity index is 1.53. The summed E-state index contributed by atoms with van der Waals surface area (Å²) in [5.41, 5.74) is 7.74. The predicted molar refractivity (Wildman–Crippen MR) is 165 cm³/mol. The highest BCUT2D eigenvalue weighted by molar-refractivity contribution is 6.35. The van der Waals surface area contributed by atoms with Gasteiger partial charge in [0.2, 0.25) is 5.90 Å². The fraction of sp³-hybridized carbons (Fsp3) is 0.212. The lowest BCUT2D eigenvalue weighted by molar-refractivity contribution is -0.130. The third-order valence-electron chi connectivity index (χ3n) is 6.93. The van der Waals surface area contributed by atoms with E-state index in [1.54, 1.807) is 18.2 Å². The first kappa shape index (κ1) is 29.6. The molecule has 0 bridgehead atoms. The number of benzene rings is 4. The molecule has 0 aliphatic carbocycles. The van der Waals surface area contributed by atoms with Crippen molar-refractivity contribution in [2.45, 2.75) is 31.0 Å². The van der Waals surface area contributed by atoms with E-state index in [0.717, 1.165) is 11.1 Å². The molecule has 4 aromatic carbocycles. The summed E-state index contributed by atoms with van der Waals surface area (Å²) in [6, 6.07) is 31.9. The molecule has 0 aromatic heterocycles. The van der Waals surface area contributed by atoms with Gasteiger partial charge in [-0.3, -0.25) is 10.2 Å². The molecule has 1 heterocycles. The van der Waals surface area contributed by atoms with Crippen molar-refractivity contribution < 1.29 is 19.4 Å². The molecule has 0 fully saturated rings. The van der Waals surface area contributed by atoms with Crippen molar-refractivity contribution in [2.24, 2.45) is 4.99 Å². The summed E-state index contributed by atoms with van der Waals surface area (Å²) in [6.07, 6.45) is -0.0601. The van der Waals surface area contributed by atoms with Crippen molar-refractivity contribution in [1.82, 2.24) is 10.9 Å². The summed E-state index contributed by atoms with van der Waals surface area (Å²) in [7, 11) is 0. The largest absolute Gasteiger partial charge is 0.494 e. The van der Waals surface area contributed by atoms with Crippen LogP contribution < -0.4 is 15.6 Å². The number of hydrogen-bond acceptors (Lipinski definition) is 6. The summed E-state index contributed by atoms with van der Waals surface area (Å²) in [6.45, 7) is 0.888. The minimum Gasteiger partial charge on any atom is -0.494 e. The normalized spacial score (nSPS) is 17.8. The van der Waals surface area contributed by atoms with E-state index in [1.165, 1.54) is 0 Å². The van der Waals surface area contributed by atoms with Crippen molar-refractivity contribution in [2.75, 3.05) is 13.2 Å². The number of rotatable bonds is 12. The summed E-state index contributed by atoms with van der Waals surface area (Å²) in [4.78, 5) is 19.2. The molecule has 4 aromatic rings. The van der Waals surface area contributed by atoms with E-state index in [2.05, 4.69) is 10.9 Å². The molecule has 0 unspecified atom stereocenters. The Hall–Kier alpha value is -3.88. The van der Waals surface area contributed by atoms with Gasteiger partial charge in [0, 0.05) is 47.2 Å². The number of aliphatic imine (C=N–C) groups is 1. The number of nitrogens with one attached hydrogen (secondary N) is 2. The Kier molecular flexibility index (Phi) is 9.77. The number of hydrazine groups is 1. The van der Waals surface area contributed by atoms with E-state index in [-0.39, 0.29) is 18.9 Å². The smallest absolute Gasteiger partial charge is 0.266 e. The number of halogens is 2. The van der Waals surface area contributed by atoms with Crippen molar-refractivity contribution in [1.29, 1.82) is 0 Å². The van der Waals surface area contributed by atoms with Crippen LogP contribution in [0.5, 0.6) is 5.75 Å². The van der Waals surface area contributed by atoms with Gasteiger partial charge in [-0.25, -0.2) is 10.4 Å². The topological polar surface area (TPSA) is 92.2 Å². The number of amides is 1. The Morgan fingerprint density at radius 2 is 1.62 bits per heavy atom. The quantitative estimate of drug-likeness (QED) is 0.135. The average Bonchev–Trinajstić information content (AvgIpc) is 3.38. The molecule has 42 heavy (non-hydrogen) atoms. The van der Waals surface area contributed by atoms with Gasteiger partial charge in [0.05, 0.1) is 6.61 Å². The predicted octanol–water partition coefficient (Wildman–Crippen LogP) is 6.08. The molecule has 1 aliphatic rings. The molecule has 7 nitrogen and oxygen atoms in total. The van der Waals surface area contributed by atoms with Gasteiger partial charge in [0.25, 0.3) is 5.91 Å². The maximum Gasteiger partial charge on any atom is 0.266 e. The minimum atomic E-state index is -1.41. The minimum absolute atomic E-state index is 0.0587. The van der Waals surface area contributed by atoms with Crippen LogP contribution in [-0.2, 0) is 22.5 Å². The van der Waals surface area contributed by atoms with E-state index in [9.17, 15) is 4.79 Å². The first-order valence-electron chi connectivity index (χ1n) is 13.7. The fourth-order valence-electron chi connectivity index (χ4n) is 4.81. The first-order valence-corrected chi connectivity index (χ1v) is 14.4. The van der Waals surface area contributed by atoms with E-state index < -0.39 is 11.6 Å². The monoisotopic (exact) mass is 603 g/mol. The van der Waals surface area contributed by atoms with Gasteiger partial charge >= 0.3 is 0 Å². The second-order valence-electron chi connectivity index (χ2n) is 9.91. The second-order valence-corrected chi connectivity index (χ2v) is 10.8. The molecule has 0 saturated carbocycles. The number of aliphatic hydroxyl groups excluding tert-OH is 1. The third kappa shape index (κ3) is 6.94. The molecule has 5 rings (SSSR count). The van der Waals surface area contributed by atoms with Crippen molar-refractivity contribution >= 4 is 35.0 Å². The van der Waals surface area contributed by atoms with Crippen LogP contribution in [0, 0.1) is 0 Å². The molecule has 0 spiro atoms. The van der Waals surface area contributed by atoms with Gasteiger partial charge in [-0.15, -0.1) is 0 Å². The van der Waals surface area contributed by atoms with Gasteiger partial charge in [-0.2, -0.15) is 0 Å². The zero-order valence-corrected chi connectivity index (χ0v) is 24.3. The molecule has 9 heteroatoms. The van der Waals surface area contributed by atoms with E-state index >= 15 is 0 Å². The number of nitrogens with zero attached hydrogens (tertiary/aromatic N) is 1. The average molecular weight is 605 g/mol. The zero-order valence-electron chi connectivity index (χ0n) is 22.8. The Bertz CT molecular complexity index is 1520. The lowest BCUT2D eigenvalue weighted by Gasteiger charge is -2.31. The summed E-state index contributed by atoms with van der Waals surface area (Å²) >= 11 is 12.9. The maximum absolute atomic E-state index is 14.2. The Morgan fingerprint density at radius 3 is 2.29 bits per heavy atom. The van der Waals surface area contributed by atoms with Crippen molar-refractivity contribution in [3.8, 4) is 5.75 Å². The first-order chi connectivity index (χ1) is 20.5. The number of carbonyl (C=O) groups excluding carboxylic acids is 1. The molecule has 3 N–H and O–H groups in total. The molecule has 0 radical (unpaired) electrons. The van der Waals surface area contributed by atoms with Crippen LogP contribution >= 0.6 is 23.2 Å². The van der Waals surface area contributed by atoms with Gasteiger partial charge in [-0.1, -0.05) is 89.9 Å². The summed E-state index contributed by atoms with van der Waals surface area (Å²) in [5.74, 6) is 0.598. The number of hydrogen-bond donors (Lipinski definition) is 3. The molecule has 216 valence electrons. The Labute approximate surface area is 255 Å². The van der Waals surface area contributed by atoms with Crippen LogP contribution in [0.15, 0.2) is 108 Å². The van der Waals surface area contributed by atoms with Crippen LogP contribution in [-0.4, -0.2) is 35.7 Å². The van der Waals surface area contributed by atoms with Crippen LogP contribution in [0.1, 0.15) is 34.8 Å². The van der Waals surface area contributed by atoms with Crippen LogP contribution in [0.4, 0.5) is 0 Å². The lowest BCUT2D eigenvalue weighted by Crippen LogP contribution is -2.53. The second kappa shape index (κ2) is 13.9. The number of ether oxygens (including phenoxy) is 2. The van der Waals surface area contributed by atoms with E-state index in [1.807, 2.05) is 84.9 Å². The fourth-order valence-corrected chi connectivity index (χ4v) is 5.32.